The second-order valence-corrected chi connectivity index (χ2v) is 2.57. The van der Waals surface area contributed by atoms with Gasteiger partial charge >= 0.3 is 13.5 Å². The molecule has 0 amide bonds. The van der Waals surface area contributed by atoms with Crippen LogP contribution in [0.2, 0.25) is 0 Å². The minimum atomic E-state index is -4.13. The van der Waals surface area contributed by atoms with E-state index in [2.05, 4.69) is 5.73 Å². The third-order valence-electron chi connectivity index (χ3n) is 0.323. The third-order valence-corrected chi connectivity index (χ3v) is 0.970. The first-order chi connectivity index (χ1) is 2.94. The molecule has 7 heavy (non-hydrogen) atoms. The molecule has 0 aromatic rings. The minimum absolute atomic E-state index is 0.979. The summed E-state index contributed by atoms with van der Waals surface area (Å²) in [6.07, 6.45) is 0. The van der Waals surface area contributed by atoms with Crippen LogP contribution in [-0.2, 0) is 0 Å². The molecule has 42 valence electrons. The maximum Gasteiger partial charge on any atom is 0.478 e. The summed E-state index contributed by atoms with van der Waals surface area (Å²) < 4.78 is 0. The zero-order chi connectivity index (χ0) is 6.08. The normalized spacial score (nSPS) is 11.3. The van der Waals surface area contributed by atoms with Gasteiger partial charge in [-0.3, -0.25) is 0 Å². The lowest BCUT2D eigenvalue weighted by Crippen LogP contribution is -2.13. The first kappa shape index (κ1) is 6.78. The van der Waals surface area contributed by atoms with Crippen molar-refractivity contribution in [3.63, 3.8) is 0 Å². The monoisotopic (exact) mass is 125 g/mol. The van der Waals surface area contributed by atoms with Crippen LogP contribution in [0.5, 0.6) is 0 Å². The fourth-order valence-corrected chi connectivity index (χ4v) is 0. The average molecular weight is 125 g/mol. The lowest BCUT2D eigenvalue weighted by atomic mass is 11.4. The van der Waals surface area contributed by atoms with Crippen molar-refractivity contribution in [2.24, 2.45) is 5.73 Å². The highest BCUT2D eigenvalue weighted by molar-refractivity contribution is 7.76. The molecule has 0 heterocycles. The molecule has 0 aliphatic carbocycles. The molecular formula is CH6N2O3P+. The Morgan fingerprint density at radius 3 is 1.57 bits per heavy atom. The van der Waals surface area contributed by atoms with Crippen molar-refractivity contribution >= 4 is 13.5 Å². The van der Waals surface area contributed by atoms with Gasteiger partial charge < -0.3 is 5.73 Å². The Kier molecular flexibility index (Phi) is 1.66. The largest absolute Gasteiger partial charge is 0.478 e. The van der Waals surface area contributed by atoms with E-state index in [-0.39, 0.29) is 0 Å². The zero-order valence-corrected chi connectivity index (χ0v) is 4.26. The van der Waals surface area contributed by atoms with E-state index in [1.165, 1.54) is 0 Å². The van der Waals surface area contributed by atoms with E-state index in [1.54, 1.807) is 0 Å². The Morgan fingerprint density at radius 2 is 1.57 bits per heavy atom. The van der Waals surface area contributed by atoms with E-state index in [4.69, 9.17) is 20.1 Å². The predicted molar refractivity (Wildman–Crippen MR) is 25.5 cm³/mol. The van der Waals surface area contributed by atoms with Crippen molar-refractivity contribution in [3.8, 4) is 0 Å². The highest BCUT2D eigenvalue weighted by Gasteiger charge is 2.35. The molecule has 0 aliphatic heterocycles. The highest BCUT2D eigenvalue weighted by atomic mass is 31.2. The molecule has 0 aliphatic rings. The van der Waals surface area contributed by atoms with Crippen LogP contribution < -0.4 is 5.73 Å². The molecule has 0 bridgehead atoms. The molecule has 6 heteroatoms. The van der Waals surface area contributed by atoms with Gasteiger partial charge in [-0.1, -0.05) is 0 Å². The van der Waals surface area contributed by atoms with Crippen molar-refractivity contribution in [2.45, 2.75) is 0 Å². The van der Waals surface area contributed by atoms with Crippen molar-refractivity contribution < 1.29 is 14.7 Å². The van der Waals surface area contributed by atoms with Crippen LogP contribution in [0.4, 0.5) is 0 Å². The van der Waals surface area contributed by atoms with Gasteiger partial charge in [-0.2, -0.15) is 14.7 Å². The number of nitrogens with two attached hydrogens (primary N) is 1. The van der Waals surface area contributed by atoms with Gasteiger partial charge in [-0.25, -0.2) is 5.41 Å². The van der Waals surface area contributed by atoms with Crippen LogP contribution in [0.25, 0.3) is 0 Å². The maximum absolute atomic E-state index is 7.97. The number of rotatable bonds is 1. The van der Waals surface area contributed by atoms with Crippen LogP contribution in [0, 0.1) is 5.41 Å². The number of hydrogen-bond acceptors (Lipinski definition) is 4. The van der Waals surface area contributed by atoms with Gasteiger partial charge in [0.1, 0.15) is 0 Å². The Morgan fingerprint density at radius 1 is 1.43 bits per heavy atom. The van der Waals surface area contributed by atoms with Gasteiger partial charge in [-0.05, 0) is 0 Å². The van der Waals surface area contributed by atoms with Crippen molar-refractivity contribution in [1.82, 2.24) is 0 Å². The Hall–Kier alpha value is -0.220. The Labute approximate surface area is 40.5 Å². The van der Waals surface area contributed by atoms with Gasteiger partial charge in [0.25, 0.3) is 0 Å². The van der Waals surface area contributed by atoms with Crippen molar-refractivity contribution in [3.05, 3.63) is 0 Å². The van der Waals surface area contributed by atoms with Gasteiger partial charge in [-0.15, -0.1) is 0 Å². The van der Waals surface area contributed by atoms with Crippen LogP contribution in [0.15, 0.2) is 0 Å². The summed E-state index contributed by atoms with van der Waals surface area (Å²) in [5.74, 6) is 0. The molecule has 0 aromatic carbocycles. The van der Waals surface area contributed by atoms with E-state index in [9.17, 15) is 0 Å². The molecule has 6 N–H and O–H groups in total. The summed E-state index contributed by atoms with van der Waals surface area (Å²) >= 11 is 0. The molecule has 0 saturated heterocycles. The molecule has 0 atom stereocenters. The van der Waals surface area contributed by atoms with E-state index in [0.29, 0.717) is 0 Å². The first-order valence-electron chi connectivity index (χ1n) is 1.36. The summed E-state index contributed by atoms with van der Waals surface area (Å²) in [5.41, 5.74) is 3.47. The predicted octanol–water partition coefficient (Wildman–Crippen LogP) is -1.38. The van der Waals surface area contributed by atoms with Gasteiger partial charge in [0.15, 0.2) is 0 Å². The first-order valence-corrected chi connectivity index (χ1v) is 3.01. The molecule has 0 fully saturated rings. The second kappa shape index (κ2) is 1.71. The lowest BCUT2D eigenvalue weighted by Gasteiger charge is -1.95. The van der Waals surface area contributed by atoms with E-state index < -0.39 is 13.5 Å². The van der Waals surface area contributed by atoms with Crippen LogP contribution in [-0.4, -0.2) is 20.3 Å². The molecule has 0 unspecified atom stereocenters. The topological polar surface area (TPSA) is 111 Å². The smallest absolute Gasteiger partial charge is 0.348 e. The molecule has 5 nitrogen and oxygen atoms in total. The molecule has 0 aromatic heterocycles. The summed E-state index contributed by atoms with van der Waals surface area (Å²) in [5, 5.41) is 6.22. The van der Waals surface area contributed by atoms with Gasteiger partial charge in [0.05, 0.1) is 0 Å². The molecular weight excluding hydrogens is 119 g/mol. The highest BCUT2D eigenvalue weighted by Crippen LogP contribution is 2.42. The zero-order valence-electron chi connectivity index (χ0n) is 3.37. The van der Waals surface area contributed by atoms with Gasteiger partial charge in [0, 0.05) is 0 Å². The summed E-state index contributed by atoms with van der Waals surface area (Å²) in [7, 11) is -4.13. The van der Waals surface area contributed by atoms with Crippen molar-refractivity contribution in [2.75, 3.05) is 0 Å². The molecule has 0 saturated carbocycles. The second-order valence-electron chi connectivity index (χ2n) is 0.954. The SMILES string of the molecule is N=C(N)[P+](O)(O)O. The Balaban J connectivity index is 3.79. The summed E-state index contributed by atoms with van der Waals surface area (Å²) in [6.45, 7) is 0. The lowest BCUT2D eigenvalue weighted by molar-refractivity contribution is 0.350. The quantitative estimate of drug-likeness (QED) is 0.169. The van der Waals surface area contributed by atoms with Crippen LogP contribution in [0.3, 0.4) is 0 Å². The molecule has 0 spiro atoms. The van der Waals surface area contributed by atoms with Crippen LogP contribution in [0.1, 0.15) is 0 Å². The van der Waals surface area contributed by atoms with E-state index in [1.807, 2.05) is 0 Å². The summed E-state index contributed by atoms with van der Waals surface area (Å²) in [6, 6.07) is 0. The van der Waals surface area contributed by atoms with Gasteiger partial charge in [0.2, 0.25) is 0 Å². The third kappa shape index (κ3) is 2.47. The van der Waals surface area contributed by atoms with E-state index >= 15 is 0 Å². The standard InChI is InChI=1S/CH6N2O3P/c2-1(3)7(4,5)6/h4-6H,(H3,2,3)/q+1. The number of amidine groups is 1. The molecule has 0 rings (SSSR count). The molecule has 0 radical (unpaired) electrons. The van der Waals surface area contributed by atoms with E-state index in [0.717, 1.165) is 0 Å². The minimum Gasteiger partial charge on any atom is -0.348 e. The Bertz CT molecular complexity index is 85.4. The average Bonchev–Trinajstić information content (AvgIpc) is 1.31. The number of hydrogen-bond donors (Lipinski definition) is 5. The van der Waals surface area contributed by atoms with Crippen molar-refractivity contribution in [1.29, 1.82) is 5.41 Å². The van der Waals surface area contributed by atoms with Crippen LogP contribution >= 0.6 is 7.94 Å². The fraction of sp³-hybridized carbons (Fsp3) is 0. The number of nitrogens with one attached hydrogen (secondary N) is 1. The maximum atomic E-state index is 7.97. The summed E-state index contributed by atoms with van der Waals surface area (Å²) in [4.78, 5) is 23.9. The fourth-order valence-electron chi connectivity index (χ4n) is 0.